The van der Waals surface area contributed by atoms with E-state index in [-0.39, 0.29) is 5.91 Å². The minimum absolute atomic E-state index is 0.0475. The molecular formula is C10H17NO2. The lowest BCUT2D eigenvalue weighted by Crippen LogP contribution is -2.25. The smallest absolute Gasteiger partial charge is 0.250 e. The van der Waals surface area contributed by atoms with E-state index in [1.54, 1.807) is 7.05 Å². The predicted molar refractivity (Wildman–Crippen MR) is 53.0 cm³/mol. The Morgan fingerprint density at radius 2 is 2.08 bits per heavy atom. The van der Waals surface area contributed by atoms with E-state index in [0.29, 0.717) is 6.42 Å². The third kappa shape index (κ3) is 4.48. The fraction of sp³-hybridized carbons (Fsp3) is 0.500. The third-order valence-corrected chi connectivity index (χ3v) is 1.73. The average molecular weight is 183 g/mol. The second-order valence-corrected chi connectivity index (χ2v) is 2.61. The van der Waals surface area contributed by atoms with Gasteiger partial charge in [-0.15, -0.1) is 0 Å². The van der Waals surface area contributed by atoms with Gasteiger partial charge in [0, 0.05) is 7.05 Å². The fourth-order valence-electron chi connectivity index (χ4n) is 0.859. The van der Waals surface area contributed by atoms with Crippen molar-refractivity contribution in [1.29, 1.82) is 0 Å². The largest absolute Gasteiger partial charge is 0.275 e. The molecule has 0 bridgehead atoms. The molecule has 0 spiro atoms. The highest BCUT2D eigenvalue weighted by Gasteiger charge is 2.08. The molecule has 0 radical (unpaired) electrons. The summed E-state index contributed by atoms with van der Waals surface area (Å²) in [6.07, 6.45) is 6.13. The van der Waals surface area contributed by atoms with Crippen molar-refractivity contribution in [1.82, 2.24) is 5.06 Å². The standard InChI is InChI=1S/C10H17NO2/c1-5-7-9(6-2)8-10(12)11(3)13-4/h5-7H,8H2,1-4H3/b7-5-,9-6+. The first kappa shape index (κ1) is 11.9. The lowest BCUT2D eigenvalue weighted by Gasteiger charge is -2.13. The van der Waals surface area contributed by atoms with Crippen molar-refractivity contribution in [3.8, 4) is 0 Å². The van der Waals surface area contributed by atoms with E-state index in [1.165, 1.54) is 12.2 Å². The highest BCUT2D eigenvalue weighted by atomic mass is 16.7. The molecule has 0 aliphatic heterocycles. The summed E-state index contributed by atoms with van der Waals surface area (Å²) in [5, 5.41) is 1.23. The first-order valence-electron chi connectivity index (χ1n) is 4.24. The Kier molecular flexibility index (Phi) is 5.89. The Bertz CT molecular complexity index is 219. The van der Waals surface area contributed by atoms with E-state index >= 15 is 0 Å². The van der Waals surface area contributed by atoms with Crippen LogP contribution in [0.1, 0.15) is 20.3 Å². The second kappa shape index (κ2) is 6.43. The van der Waals surface area contributed by atoms with Gasteiger partial charge in [-0.05, 0) is 19.4 Å². The van der Waals surface area contributed by atoms with Gasteiger partial charge >= 0.3 is 0 Å². The molecule has 3 heteroatoms. The number of hydrogen-bond acceptors (Lipinski definition) is 2. The van der Waals surface area contributed by atoms with Crippen LogP contribution in [0.4, 0.5) is 0 Å². The van der Waals surface area contributed by atoms with Crippen molar-refractivity contribution in [2.75, 3.05) is 14.2 Å². The number of allylic oxidation sites excluding steroid dienone is 3. The predicted octanol–water partition coefficient (Wildman–Crippen LogP) is 1.92. The second-order valence-electron chi connectivity index (χ2n) is 2.61. The summed E-state index contributed by atoms with van der Waals surface area (Å²) in [6.45, 7) is 3.84. The molecule has 13 heavy (non-hydrogen) atoms. The minimum atomic E-state index is -0.0475. The maximum absolute atomic E-state index is 11.3. The highest BCUT2D eigenvalue weighted by molar-refractivity contribution is 5.78. The Labute approximate surface area is 79.6 Å². The van der Waals surface area contributed by atoms with Crippen molar-refractivity contribution in [2.24, 2.45) is 0 Å². The maximum Gasteiger partial charge on any atom is 0.250 e. The van der Waals surface area contributed by atoms with Crippen molar-refractivity contribution in [3.63, 3.8) is 0 Å². The number of rotatable bonds is 4. The van der Waals surface area contributed by atoms with Gasteiger partial charge in [-0.25, -0.2) is 5.06 Å². The molecule has 1 amide bonds. The van der Waals surface area contributed by atoms with Gasteiger partial charge < -0.3 is 0 Å². The molecule has 0 fully saturated rings. The molecule has 0 aliphatic carbocycles. The molecule has 0 N–H and O–H groups in total. The zero-order valence-corrected chi connectivity index (χ0v) is 8.70. The number of carbonyl (C=O) groups excluding carboxylic acids is 1. The van der Waals surface area contributed by atoms with Crippen LogP contribution >= 0.6 is 0 Å². The van der Waals surface area contributed by atoms with Gasteiger partial charge in [-0.3, -0.25) is 9.63 Å². The van der Waals surface area contributed by atoms with Crippen molar-refractivity contribution in [2.45, 2.75) is 20.3 Å². The van der Waals surface area contributed by atoms with E-state index in [4.69, 9.17) is 4.84 Å². The highest BCUT2D eigenvalue weighted by Crippen LogP contribution is 2.05. The van der Waals surface area contributed by atoms with Crippen LogP contribution in [0.2, 0.25) is 0 Å². The average Bonchev–Trinajstić information content (AvgIpc) is 2.15. The normalized spacial score (nSPS) is 12.2. The molecule has 0 aromatic carbocycles. The summed E-state index contributed by atoms with van der Waals surface area (Å²) in [5.41, 5.74) is 0.997. The van der Waals surface area contributed by atoms with E-state index in [2.05, 4.69) is 0 Å². The molecule has 0 aromatic heterocycles. The first-order valence-corrected chi connectivity index (χ1v) is 4.24. The molecule has 0 unspecified atom stereocenters. The summed E-state index contributed by atoms with van der Waals surface area (Å²) in [4.78, 5) is 16.1. The van der Waals surface area contributed by atoms with Crippen LogP contribution in [0.25, 0.3) is 0 Å². The van der Waals surface area contributed by atoms with Crippen LogP contribution in [0, 0.1) is 0 Å². The van der Waals surface area contributed by atoms with Crippen LogP contribution in [-0.2, 0) is 9.63 Å². The first-order chi connectivity index (χ1) is 6.15. The SMILES string of the molecule is C/C=C\C(=C/C)CC(=O)N(C)OC. The Hall–Kier alpha value is -1.09. The summed E-state index contributed by atoms with van der Waals surface area (Å²) in [7, 11) is 3.08. The number of hydroxylamine groups is 2. The van der Waals surface area contributed by atoms with E-state index < -0.39 is 0 Å². The molecule has 74 valence electrons. The van der Waals surface area contributed by atoms with E-state index in [9.17, 15) is 4.79 Å². The zero-order chi connectivity index (χ0) is 10.3. The molecule has 0 aromatic rings. The maximum atomic E-state index is 11.3. The lowest BCUT2D eigenvalue weighted by molar-refractivity contribution is -0.167. The molecule has 0 atom stereocenters. The summed E-state index contributed by atoms with van der Waals surface area (Å²) < 4.78 is 0. The van der Waals surface area contributed by atoms with Gasteiger partial charge in [-0.2, -0.15) is 0 Å². The molecule has 0 saturated heterocycles. The molecule has 0 aliphatic rings. The van der Waals surface area contributed by atoms with Gasteiger partial charge in [0.15, 0.2) is 0 Å². The Morgan fingerprint density at radius 1 is 1.46 bits per heavy atom. The number of amides is 1. The van der Waals surface area contributed by atoms with Crippen molar-refractivity contribution in [3.05, 3.63) is 23.8 Å². The Morgan fingerprint density at radius 3 is 2.46 bits per heavy atom. The topological polar surface area (TPSA) is 29.5 Å². The van der Waals surface area contributed by atoms with Gasteiger partial charge in [0.1, 0.15) is 0 Å². The summed E-state index contributed by atoms with van der Waals surface area (Å²) in [6, 6.07) is 0. The molecular weight excluding hydrogens is 166 g/mol. The quantitative estimate of drug-likeness (QED) is 0.492. The Balaban J connectivity index is 4.18. The van der Waals surface area contributed by atoms with Crippen molar-refractivity contribution < 1.29 is 9.63 Å². The van der Waals surface area contributed by atoms with Gasteiger partial charge in [0.25, 0.3) is 0 Å². The van der Waals surface area contributed by atoms with Gasteiger partial charge in [0.2, 0.25) is 5.91 Å². The summed E-state index contributed by atoms with van der Waals surface area (Å²) >= 11 is 0. The number of nitrogens with zero attached hydrogens (tertiary/aromatic N) is 1. The minimum Gasteiger partial charge on any atom is -0.275 e. The lowest BCUT2D eigenvalue weighted by atomic mass is 10.1. The van der Waals surface area contributed by atoms with Crippen LogP contribution in [0.3, 0.4) is 0 Å². The fourth-order valence-corrected chi connectivity index (χ4v) is 0.859. The monoisotopic (exact) mass is 183 g/mol. The van der Waals surface area contributed by atoms with Crippen molar-refractivity contribution >= 4 is 5.91 Å². The molecule has 3 nitrogen and oxygen atoms in total. The van der Waals surface area contributed by atoms with Gasteiger partial charge in [0.05, 0.1) is 13.5 Å². The van der Waals surface area contributed by atoms with Crippen LogP contribution in [0.15, 0.2) is 23.8 Å². The third-order valence-electron chi connectivity index (χ3n) is 1.73. The summed E-state index contributed by atoms with van der Waals surface area (Å²) in [5.74, 6) is -0.0475. The molecule has 0 heterocycles. The van der Waals surface area contributed by atoms with E-state index in [0.717, 1.165) is 5.57 Å². The van der Waals surface area contributed by atoms with Crippen LogP contribution < -0.4 is 0 Å². The van der Waals surface area contributed by atoms with E-state index in [1.807, 2.05) is 32.1 Å². The molecule has 0 rings (SSSR count). The number of hydrogen-bond donors (Lipinski definition) is 0. The zero-order valence-electron chi connectivity index (χ0n) is 8.70. The van der Waals surface area contributed by atoms with Crippen LogP contribution in [-0.4, -0.2) is 25.1 Å². The molecule has 0 saturated carbocycles. The van der Waals surface area contributed by atoms with Crippen LogP contribution in [0.5, 0.6) is 0 Å². The van der Waals surface area contributed by atoms with Gasteiger partial charge in [-0.1, -0.05) is 18.2 Å². The number of carbonyl (C=O) groups is 1.